The fourth-order valence-corrected chi connectivity index (χ4v) is 2.04. The molecule has 2 rings (SSSR count). The van der Waals surface area contributed by atoms with Crippen LogP contribution in [0.25, 0.3) is 0 Å². The van der Waals surface area contributed by atoms with Crippen molar-refractivity contribution in [3.63, 3.8) is 0 Å². The molecule has 1 aliphatic heterocycles. The van der Waals surface area contributed by atoms with Gasteiger partial charge in [0.25, 0.3) is 5.91 Å². The Bertz CT molecular complexity index is 498. The summed E-state index contributed by atoms with van der Waals surface area (Å²) in [6, 6.07) is 1.60. The molecule has 0 bridgehead atoms. The molecule has 2 amide bonds. The number of aromatic nitrogens is 2. The molecule has 1 aromatic rings. The summed E-state index contributed by atoms with van der Waals surface area (Å²) >= 11 is 0. The van der Waals surface area contributed by atoms with Gasteiger partial charge in [-0.05, 0) is 19.9 Å². The lowest BCUT2D eigenvalue weighted by Gasteiger charge is -2.33. The van der Waals surface area contributed by atoms with E-state index in [2.05, 4.69) is 9.97 Å². The summed E-state index contributed by atoms with van der Waals surface area (Å²) in [7, 11) is 0. The highest BCUT2D eigenvalue weighted by Crippen LogP contribution is 2.08. The van der Waals surface area contributed by atoms with E-state index in [1.165, 1.54) is 0 Å². The van der Waals surface area contributed by atoms with Gasteiger partial charge in [-0.2, -0.15) is 0 Å². The van der Waals surface area contributed by atoms with Gasteiger partial charge >= 0.3 is 6.09 Å². The van der Waals surface area contributed by atoms with E-state index in [1.54, 1.807) is 35.9 Å². The molecule has 7 heteroatoms. The van der Waals surface area contributed by atoms with Gasteiger partial charge in [-0.15, -0.1) is 0 Å². The first kappa shape index (κ1) is 14.2. The van der Waals surface area contributed by atoms with Gasteiger partial charge in [-0.25, -0.2) is 14.8 Å². The average molecular weight is 278 g/mol. The van der Waals surface area contributed by atoms with Crippen LogP contribution in [0.15, 0.2) is 12.3 Å². The minimum Gasteiger partial charge on any atom is -0.450 e. The minimum atomic E-state index is -0.322. The zero-order chi connectivity index (χ0) is 14.5. The second-order valence-corrected chi connectivity index (χ2v) is 4.47. The average Bonchev–Trinajstić information content (AvgIpc) is 2.47. The highest BCUT2D eigenvalue weighted by atomic mass is 16.6. The standard InChI is InChI=1S/C13H18N4O3/c1-3-20-13(19)17-8-6-16(7-9-17)12(18)11-4-5-14-10(2)15-11/h4-5H,3,6-9H2,1-2H3. The number of ether oxygens (including phenoxy) is 1. The number of nitrogens with zero attached hydrogens (tertiary/aromatic N) is 4. The van der Waals surface area contributed by atoms with Gasteiger partial charge < -0.3 is 14.5 Å². The van der Waals surface area contributed by atoms with Crippen molar-refractivity contribution in [2.24, 2.45) is 0 Å². The summed E-state index contributed by atoms with van der Waals surface area (Å²) in [5.41, 5.74) is 0.391. The first-order chi connectivity index (χ1) is 9.61. The van der Waals surface area contributed by atoms with E-state index in [1.807, 2.05) is 0 Å². The molecule has 1 aromatic heterocycles. The van der Waals surface area contributed by atoms with Crippen LogP contribution >= 0.6 is 0 Å². The normalized spacial score (nSPS) is 15.1. The lowest BCUT2D eigenvalue weighted by atomic mass is 10.3. The number of amides is 2. The van der Waals surface area contributed by atoms with Gasteiger partial charge in [0, 0.05) is 32.4 Å². The molecule has 0 radical (unpaired) electrons. The van der Waals surface area contributed by atoms with Crippen molar-refractivity contribution < 1.29 is 14.3 Å². The number of piperazine rings is 1. The smallest absolute Gasteiger partial charge is 0.409 e. The molecule has 7 nitrogen and oxygen atoms in total. The third kappa shape index (κ3) is 3.23. The molecular formula is C13H18N4O3. The van der Waals surface area contributed by atoms with Crippen LogP contribution in [0.1, 0.15) is 23.2 Å². The van der Waals surface area contributed by atoms with Gasteiger partial charge in [-0.1, -0.05) is 0 Å². The Balaban J connectivity index is 1.93. The fraction of sp³-hybridized carbons (Fsp3) is 0.538. The Morgan fingerprint density at radius 1 is 1.25 bits per heavy atom. The van der Waals surface area contributed by atoms with E-state index < -0.39 is 0 Å². The highest BCUT2D eigenvalue weighted by Gasteiger charge is 2.26. The molecule has 0 spiro atoms. The molecule has 2 heterocycles. The molecule has 108 valence electrons. The minimum absolute atomic E-state index is 0.126. The molecule has 0 aromatic carbocycles. The maximum Gasteiger partial charge on any atom is 0.409 e. The van der Waals surface area contributed by atoms with Crippen molar-refractivity contribution in [3.05, 3.63) is 23.8 Å². The van der Waals surface area contributed by atoms with Gasteiger partial charge in [0.05, 0.1) is 6.61 Å². The fourth-order valence-electron chi connectivity index (χ4n) is 2.04. The van der Waals surface area contributed by atoms with E-state index in [-0.39, 0.29) is 12.0 Å². The van der Waals surface area contributed by atoms with E-state index in [9.17, 15) is 9.59 Å². The number of rotatable bonds is 2. The van der Waals surface area contributed by atoms with Gasteiger partial charge in [0.2, 0.25) is 0 Å². The predicted molar refractivity (Wildman–Crippen MR) is 71.3 cm³/mol. The number of carbonyl (C=O) groups excluding carboxylic acids is 2. The van der Waals surface area contributed by atoms with Crippen LogP contribution in [0.5, 0.6) is 0 Å². The Hall–Kier alpha value is -2.18. The van der Waals surface area contributed by atoms with E-state index >= 15 is 0 Å². The maximum absolute atomic E-state index is 12.3. The SMILES string of the molecule is CCOC(=O)N1CCN(C(=O)c2ccnc(C)n2)CC1. The maximum atomic E-state index is 12.3. The summed E-state index contributed by atoms with van der Waals surface area (Å²) < 4.78 is 4.94. The van der Waals surface area contributed by atoms with Crippen LogP contribution < -0.4 is 0 Å². The first-order valence-corrected chi connectivity index (χ1v) is 6.62. The highest BCUT2D eigenvalue weighted by molar-refractivity contribution is 5.92. The van der Waals surface area contributed by atoms with Crippen LogP contribution in [0.4, 0.5) is 4.79 Å². The van der Waals surface area contributed by atoms with E-state index in [0.717, 1.165) is 0 Å². The Morgan fingerprint density at radius 2 is 1.90 bits per heavy atom. The van der Waals surface area contributed by atoms with Gasteiger partial charge in [-0.3, -0.25) is 4.79 Å². The molecule has 1 saturated heterocycles. The van der Waals surface area contributed by atoms with Crippen molar-refractivity contribution in [2.45, 2.75) is 13.8 Å². The molecule has 20 heavy (non-hydrogen) atoms. The monoisotopic (exact) mass is 278 g/mol. The van der Waals surface area contributed by atoms with Crippen molar-refractivity contribution in [1.82, 2.24) is 19.8 Å². The summed E-state index contributed by atoms with van der Waals surface area (Å²) in [5, 5.41) is 0. The van der Waals surface area contributed by atoms with E-state index in [4.69, 9.17) is 4.74 Å². The predicted octanol–water partition coefficient (Wildman–Crippen LogP) is 0.699. The second kappa shape index (κ2) is 6.31. The molecule has 0 unspecified atom stereocenters. The van der Waals surface area contributed by atoms with Crippen LogP contribution in [-0.2, 0) is 4.74 Å². The van der Waals surface area contributed by atoms with Crippen LogP contribution in [0.2, 0.25) is 0 Å². The quantitative estimate of drug-likeness (QED) is 0.796. The zero-order valence-corrected chi connectivity index (χ0v) is 11.7. The summed E-state index contributed by atoms with van der Waals surface area (Å²) in [6.07, 6.45) is 1.25. The third-order valence-electron chi connectivity index (χ3n) is 3.09. The molecule has 1 aliphatic rings. The lowest BCUT2D eigenvalue weighted by molar-refractivity contribution is 0.0565. The molecule has 0 saturated carbocycles. The van der Waals surface area contributed by atoms with E-state index in [0.29, 0.717) is 44.3 Å². The zero-order valence-electron chi connectivity index (χ0n) is 11.7. The molecule has 0 N–H and O–H groups in total. The molecule has 0 atom stereocenters. The Labute approximate surface area is 117 Å². The van der Waals surface area contributed by atoms with Crippen LogP contribution in [0, 0.1) is 6.92 Å². The number of aryl methyl sites for hydroxylation is 1. The lowest BCUT2D eigenvalue weighted by Crippen LogP contribution is -2.50. The van der Waals surface area contributed by atoms with Crippen molar-refractivity contribution in [2.75, 3.05) is 32.8 Å². The van der Waals surface area contributed by atoms with Crippen LogP contribution in [-0.4, -0.2) is 64.6 Å². The Morgan fingerprint density at radius 3 is 2.50 bits per heavy atom. The molecular weight excluding hydrogens is 260 g/mol. The van der Waals surface area contributed by atoms with Crippen molar-refractivity contribution in [1.29, 1.82) is 0 Å². The summed E-state index contributed by atoms with van der Waals surface area (Å²) in [4.78, 5) is 35.2. The number of hydrogen-bond acceptors (Lipinski definition) is 5. The first-order valence-electron chi connectivity index (χ1n) is 6.62. The largest absolute Gasteiger partial charge is 0.450 e. The third-order valence-corrected chi connectivity index (χ3v) is 3.09. The van der Waals surface area contributed by atoms with Crippen molar-refractivity contribution in [3.8, 4) is 0 Å². The molecule has 1 fully saturated rings. The van der Waals surface area contributed by atoms with Gasteiger partial charge in [0.1, 0.15) is 11.5 Å². The summed E-state index contributed by atoms with van der Waals surface area (Å²) in [6.45, 7) is 5.81. The Kier molecular flexibility index (Phi) is 4.49. The van der Waals surface area contributed by atoms with Crippen LogP contribution in [0.3, 0.4) is 0 Å². The van der Waals surface area contributed by atoms with Crippen molar-refractivity contribution >= 4 is 12.0 Å². The number of hydrogen-bond donors (Lipinski definition) is 0. The topological polar surface area (TPSA) is 75.6 Å². The molecule has 0 aliphatic carbocycles. The summed E-state index contributed by atoms with van der Waals surface area (Å²) in [5.74, 6) is 0.444. The number of carbonyl (C=O) groups is 2. The second-order valence-electron chi connectivity index (χ2n) is 4.47. The van der Waals surface area contributed by atoms with Gasteiger partial charge in [0.15, 0.2) is 0 Å².